The first-order valence-electron chi connectivity index (χ1n) is 10.2. The summed E-state index contributed by atoms with van der Waals surface area (Å²) in [6.07, 6.45) is 6.29. The fourth-order valence-electron chi connectivity index (χ4n) is 4.37. The summed E-state index contributed by atoms with van der Waals surface area (Å²) in [6.45, 7) is 12.0. The molecule has 152 valence electrons. The fraction of sp³-hybridized carbons (Fsp3) is 0.591. The quantitative estimate of drug-likeness (QED) is 0.796. The van der Waals surface area contributed by atoms with Gasteiger partial charge in [-0.25, -0.2) is 0 Å². The third-order valence-electron chi connectivity index (χ3n) is 5.53. The van der Waals surface area contributed by atoms with Crippen LogP contribution in [0, 0.1) is 12.3 Å². The van der Waals surface area contributed by atoms with Crippen LogP contribution in [0.4, 0.5) is 0 Å². The zero-order chi connectivity index (χ0) is 20.5. The molecule has 0 spiro atoms. The van der Waals surface area contributed by atoms with Crippen LogP contribution in [0.15, 0.2) is 18.5 Å². The number of nitrogens with zero attached hydrogens (tertiary/aromatic N) is 3. The Morgan fingerprint density at radius 3 is 2.75 bits per heavy atom. The molecule has 2 aromatic rings. The lowest BCUT2D eigenvalue weighted by atomic mass is 9.75. The number of hydrogen-bond acceptors (Lipinski definition) is 3. The summed E-state index contributed by atoms with van der Waals surface area (Å²) < 4.78 is 4.07. The van der Waals surface area contributed by atoms with E-state index >= 15 is 0 Å². The maximum Gasteiger partial charge on any atom is 0.224 e. The van der Waals surface area contributed by atoms with Crippen molar-refractivity contribution in [3.8, 4) is 0 Å². The zero-order valence-electron chi connectivity index (χ0n) is 17.7. The van der Waals surface area contributed by atoms with Crippen molar-refractivity contribution in [1.82, 2.24) is 19.7 Å². The molecule has 1 aliphatic carbocycles. The third-order valence-corrected chi connectivity index (χ3v) is 5.53. The molecule has 0 fully saturated rings. The van der Waals surface area contributed by atoms with Crippen LogP contribution in [0.5, 0.6) is 0 Å². The fourth-order valence-corrected chi connectivity index (χ4v) is 4.37. The minimum atomic E-state index is -0.0446. The second-order valence-electron chi connectivity index (χ2n) is 8.85. The van der Waals surface area contributed by atoms with Crippen LogP contribution in [-0.4, -0.2) is 32.1 Å². The number of hydrogen-bond donors (Lipinski definition) is 1. The lowest BCUT2D eigenvalue weighted by Gasteiger charge is -2.30. The van der Waals surface area contributed by atoms with Gasteiger partial charge < -0.3 is 9.88 Å². The molecule has 0 bridgehead atoms. The largest absolute Gasteiger partial charge is 0.351 e. The van der Waals surface area contributed by atoms with Gasteiger partial charge in [-0.3, -0.25) is 14.3 Å². The average Bonchev–Trinajstić information content (AvgIpc) is 3.16. The van der Waals surface area contributed by atoms with Crippen LogP contribution in [0.1, 0.15) is 67.8 Å². The molecule has 3 rings (SSSR count). The molecule has 2 heterocycles. The number of ketones is 1. The zero-order valence-corrected chi connectivity index (χ0v) is 17.7. The lowest BCUT2D eigenvalue weighted by Crippen LogP contribution is -2.37. The van der Waals surface area contributed by atoms with Crippen molar-refractivity contribution in [1.29, 1.82) is 0 Å². The first-order valence-corrected chi connectivity index (χ1v) is 10.2. The number of fused-ring (bicyclic) bond motifs is 1. The number of amides is 1. The van der Waals surface area contributed by atoms with Crippen molar-refractivity contribution >= 4 is 11.7 Å². The number of carbonyl (C=O) groups excluding carboxylic acids is 2. The molecule has 6 nitrogen and oxygen atoms in total. The average molecular weight is 385 g/mol. The second kappa shape index (κ2) is 7.94. The molecular formula is C22H32N4O2. The Hall–Kier alpha value is -2.37. The van der Waals surface area contributed by atoms with Crippen molar-refractivity contribution in [2.24, 2.45) is 5.41 Å². The van der Waals surface area contributed by atoms with Gasteiger partial charge in [0.1, 0.15) is 0 Å². The number of nitrogens with one attached hydrogen (secondary N) is 1. The monoisotopic (exact) mass is 384 g/mol. The van der Waals surface area contributed by atoms with Gasteiger partial charge in [-0.05, 0) is 43.7 Å². The molecule has 0 aromatic carbocycles. The van der Waals surface area contributed by atoms with Gasteiger partial charge in [0.25, 0.3) is 0 Å². The third kappa shape index (κ3) is 4.21. The Kier molecular flexibility index (Phi) is 5.77. The van der Waals surface area contributed by atoms with Crippen LogP contribution in [0.25, 0.3) is 0 Å². The SMILES string of the molecule is CCCn1c(C)c(CC(=O)NC(C)Cn2cccn2)c2c1CC(C)(C)CC2=O. The van der Waals surface area contributed by atoms with Gasteiger partial charge >= 0.3 is 0 Å². The summed E-state index contributed by atoms with van der Waals surface area (Å²) in [4.78, 5) is 25.7. The molecule has 0 saturated carbocycles. The summed E-state index contributed by atoms with van der Waals surface area (Å²) >= 11 is 0. The highest BCUT2D eigenvalue weighted by molar-refractivity contribution is 6.01. The Bertz CT molecular complexity index is 862. The topological polar surface area (TPSA) is 68.9 Å². The number of aromatic nitrogens is 3. The normalized spacial score (nSPS) is 16.7. The van der Waals surface area contributed by atoms with Gasteiger partial charge in [0, 0.05) is 48.4 Å². The Morgan fingerprint density at radius 2 is 2.11 bits per heavy atom. The molecule has 1 N–H and O–H groups in total. The van der Waals surface area contributed by atoms with E-state index in [0.717, 1.165) is 41.9 Å². The molecule has 1 amide bonds. The lowest BCUT2D eigenvalue weighted by molar-refractivity contribution is -0.121. The van der Waals surface area contributed by atoms with E-state index in [9.17, 15) is 9.59 Å². The van der Waals surface area contributed by atoms with E-state index < -0.39 is 0 Å². The second-order valence-corrected chi connectivity index (χ2v) is 8.85. The standard InChI is InChI=1S/C22H32N4O2/c1-6-9-26-16(3)17(21-18(26)12-22(4,5)13-19(21)27)11-20(28)24-15(2)14-25-10-7-8-23-25/h7-8,10,15H,6,9,11-14H2,1-5H3,(H,24,28). The Morgan fingerprint density at radius 1 is 1.36 bits per heavy atom. The van der Waals surface area contributed by atoms with Crippen LogP contribution in [0.2, 0.25) is 0 Å². The predicted molar refractivity (Wildman–Crippen MR) is 109 cm³/mol. The predicted octanol–water partition coefficient (Wildman–Crippen LogP) is 3.31. The van der Waals surface area contributed by atoms with E-state index in [4.69, 9.17) is 0 Å². The molecule has 0 radical (unpaired) electrons. The molecule has 1 aliphatic rings. The van der Waals surface area contributed by atoms with E-state index in [1.54, 1.807) is 10.9 Å². The summed E-state index contributed by atoms with van der Waals surface area (Å²) in [5.41, 5.74) is 3.87. The molecular weight excluding hydrogens is 352 g/mol. The van der Waals surface area contributed by atoms with Gasteiger partial charge in [-0.1, -0.05) is 20.8 Å². The van der Waals surface area contributed by atoms with Crippen molar-refractivity contribution in [2.75, 3.05) is 0 Å². The van der Waals surface area contributed by atoms with Gasteiger partial charge in [-0.15, -0.1) is 0 Å². The highest BCUT2D eigenvalue weighted by Gasteiger charge is 2.36. The van der Waals surface area contributed by atoms with E-state index in [-0.39, 0.29) is 29.6 Å². The van der Waals surface area contributed by atoms with Gasteiger partial charge in [0.05, 0.1) is 13.0 Å². The molecule has 6 heteroatoms. The summed E-state index contributed by atoms with van der Waals surface area (Å²) in [7, 11) is 0. The van der Waals surface area contributed by atoms with Gasteiger partial charge in [0.15, 0.2) is 5.78 Å². The van der Waals surface area contributed by atoms with Crippen molar-refractivity contribution in [3.63, 3.8) is 0 Å². The number of Topliss-reactive ketones (excluding diaryl/α,β-unsaturated/α-hetero) is 1. The van der Waals surface area contributed by atoms with Crippen LogP contribution in [0.3, 0.4) is 0 Å². The van der Waals surface area contributed by atoms with Gasteiger partial charge in [-0.2, -0.15) is 5.10 Å². The summed E-state index contributed by atoms with van der Waals surface area (Å²) in [5.74, 6) is 0.133. The highest BCUT2D eigenvalue weighted by atomic mass is 16.1. The Labute approximate surface area is 167 Å². The first kappa shape index (κ1) is 20.4. The van der Waals surface area contributed by atoms with E-state index in [0.29, 0.717) is 13.0 Å². The summed E-state index contributed by atoms with van der Waals surface area (Å²) in [5, 5.41) is 7.24. The van der Waals surface area contributed by atoms with E-state index in [1.165, 1.54) is 0 Å². The molecule has 28 heavy (non-hydrogen) atoms. The smallest absolute Gasteiger partial charge is 0.224 e. The highest BCUT2D eigenvalue weighted by Crippen LogP contribution is 2.39. The summed E-state index contributed by atoms with van der Waals surface area (Å²) in [6, 6.07) is 1.84. The Balaban J connectivity index is 1.81. The van der Waals surface area contributed by atoms with Crippen LogP contribution in [-0.2, 0) is 30.7 Å². The van der Waals surface area contributed by atoms with Crippen molar-refractivity contribution in [2.45, 2.75) is 79.4 Å². The first-order chi connectivity index (χ1) is 13.2. The van der Waals surface area contributed by atoms with Crippen LogP contribution < -0.4 is 5.32 Å². The van der Waals surface area contributed by atoms with Crippen LogP contribution >= 0.6 is 0 Å². The molecule has 1 unspecified atom stereocenters. The molecule has 0 saturated heterocycles. The molecule has 0 aliphatic heterocycles. The van der Waals surface area contributed by atoms with E-state index in [1.807, 2.05) is 26.1 Å². The number of rotatable bonds is 7. The number of carbonyl (C=O) groups is 2. The minimum Gasteiger partial charge on any atom is -0.351 e. The van der Waals surface area contributed by atoms with Crippen molar-refractivity contribution < 1.29 is 9.59 Å². The maximum atomic E-state index is 13.0. The molecule has 1 atom stereocenters. The van der Waals surface area contributed by atoms with E-state index in [2.05, 4.69) is 35.8 Å². The van der Waals surface area contributed by atoms with Gasteiger partial charge in [0.2, 0.25) is 5.91 Å². The minimum absolute atomic E-state index is 0.0296. The maximum absolute atomic E-state index is 13.0. The molecule has 2 aromatic heterocycles. The van der Waals surface area contributed by atoms with Crippen molar-refractivity contribution in [3.05, 3.63) is 41.0 Å².